The first-order valence-corrected chi connectivity index (χ1v) is 6.22. The number of amides is 1. The minimum Gasteiger partial charge on any atom is -0.496 e. The molecule has 16 heavy (non-hydrogen) atoms. The van der Waals surface area contributed by atoms with Crippen LogP contribution >= 0.6 is 15.9 Å². The highest BCUT2D eigenvalue weighted by atomic mass is 79.9. The van der Waals surface area contributed by atoms with Gasteiger partial charge in [0.25, 0.3) is 5.91 Å². The summed E-state index contributed by atoms with van der Waals surface area (Å²) in [5.74, 6) is 0.657. The molecule has 0 aliphatic rings. The average molecular weight is 286 g/mol. The van der Waals surface area contributed by atoms with Crippen LogP contribution in [-0.4, -0.2) is 24.4 Å². The van der Waals surface area contributed by atoms with Crippen molar-refractivity contribution in [2.75, 3.05) is 12.4 Å². The van der Waals surface area contributed by atoms with Crippen LogP contribution in [0.25, 0.3) is 0 Å². The summed E-state index contributed by atoms with van der Waals surface area (Å²) in [5, 5.41) is 3.61. The van der Waals surface area contributed by atoms with Crippen molar-refractivity contribution in [3.05, 3.63) is 29.3 Å². The first-order chi connectivity index (χ1) is 7.58. The van der Waals surface area contributed by atoms with Gasteiger partial charge in [-0.15, -0.1) is 0 Å². The number of halogens is 1. The van der Waals surface area contributed by atoms with Crippen LogP contribution in [0, 0.1) is 6.92 Å². The molecule has 0 spiro atoms. The molecule has 0 fully saturated rings. The minimum absolute atomic E-state index is 0.0785. The predicted molar refractivity (Wildman–Crippen MR) is 68.5 cm³/mol. The number of hydrogen-bond acceptors (Lipinski definition) is 2. The summed E-state index contributed by atoms with van der Waals surface area (Å²) < 4.78 is 5.18. The Balaban J connectivity index is 2.84. The first kappa shape index (κ1) is 13.0. The van der Waals surface area contributed by atoms with Gasteiger partial charge in [-0.2, -0.15) is 0 Å². The molecule has 0 saturated heterocycles. The van der Waals surface area contributed by atoms with Crippen LogP contribution in [0.1, 0.15) is 22.8 Å². The maximum absolute atomic E-state index is 11.8. The van der Waals surface area contributed by atoms with Crippen molar-refractivity contribution < 1.29 is 9.53 Å². The zero-order valence-corrected chi connectivity index (χ0v) is 11.3. The Morgan fingerprint density at radius 1 is 1.56 bits per heavy atom. The molecule has 1 rings (SSSR count). The van der Waals surface area contributed by atoms with Crippen LogP contribution in [0.2, 0.25) is 0 Å². The largest absolute Gasteiger partial charge is 0.496 e. The summed E-state index contributed by atoms with van der Waals surface area (Å²) >= 11 is 3.32. The molecule has 1 atom stereocenters. The van der Waals surface area contributed by atoms with Gasteiger partial charge in [-0.1, -0.05) is 22.0 Å². The number of ether oxygens (including phenoxy) is 1. The summed E-state index contributed by atoms with van der Waals surface area (Å²) in [4.78, 5) is 11.8. The molecule has 0 radical (unpaired) electrons. The number of rotatable bonds is 4. The van der Waals surface area contributed by atoms with E-state index < -0.39 is 0 Å². The Morgan fingerprint density at radius 2 is 2.25 bits per heavy atom. The molecule has 1 aromatic rings. The third-order valence-corrected chi connectivity index (χ3v) is 3.25. The Kier molecular flexibility index (Phi) is 4.80. The number of aryl methyl sites for hydroxylation is 1. The van der Waals surface area contributed by atoms with Gasteiger partial charge in [0.2, 0.25) is 0 Å². The average Bonchev–Trinajstić information content (AvgIpc) is 2.29. The van der Waals surface area contributed by atoms with Gasteiger partial charge in [0.05, 0.1) is 7.11 Å². The van der Waals surface area contributed by atoms with Crippen molar-refractivity contribution in [2.45, 2.75) is 19.9 Å². The fourth-order valence-corrected chi connectivity index (χ4v) is 1.47. The molecule has 4 heteroatoms. The molecule has 0 aliphatic carbocycles. The van der Waals surface area contributed by atoms with Crippen molar-refractivity contribution in [1.82, 2.24) is 5.32 Å². The fourth-order valence-electron chi connectivity index (χ4n) is 1.31. The number of nitrogens with one attached hydrogen (secondary N) is 1. The maximum atomic E-state index is 11.8. The summed E-state index contributed by atoms with van der Waals surface area (Å²) in [6.45, 7) is 3.89. The zero-order valence-electron chi connectivity index (χ0n) is 9.71. The second-order valence-electron chi connectivity index (χ2n) is 3.71. The number of methoxy groups -OCH3 is 1. The highest BCUT2D eigenvalue weighted by molar-refractivity contribution is 9.09. The molecule has 1 N–H and O–H groups in total. The van der Waals surface area contributed by atoms with Crippen LogP contribution in [0.4, 0.5) is 0 Å². The minimum atomic E-state index is -0.0785. The lowest BCUT2D eigenvalue weighted by atomic mass is 10.1. The van der Waals surface area contributed by atoms with E-state index in [1.54, 1.807) is 19.2 Å². The molecule has 0 aliphatic heterocycles. The number of benzene rings is 1. The third-order valence-electron chi connectivity index (χ3n) is 2.28. The van der Waals surface area contributed by atoms with E-state index >= 15 is 0 Å². The van der Waals surface area contributed by atoms with Gasteiger partial charge in [0, 0.05) is 16.9 Å². The molecule has 0 bridgehead atoms. The highest BCUT2D eigenvalue weighted by Gasteiger charge is 2.10. The Labute approximate surface area is 104 Å². The summed E-state index contributed by atoms with van der Waals surface area (Å²) in [7, 11) is 1.60. The third kappa shape index (κ3) is 3.23. The molecule has 88 valence electrons. The molecule has 1 unspecified atom stereocenters. The molecular weight excluding hydrogens is 270 g/mol. The molecule has 1 aromatic carbocycles. The van der Waals surface area contributed by atoms with E-state index in [4.69, 9.17) is 4.74 Å². The molecule has 0 aromatic heterocycles. The van der Waals surface area contributed by atoms with Crippen LogP contribution in [-0.2, 0) is 0 Å². The maximum Gasteiger partial charge on any atom is 0.251 e. The number of carbonyl (C=O) groups is 1. The Hall–Kier alpha value is -1.03. The number of carbonyl (C=O) groups excluding carboxylic acids is 1. The monoisotopic (exact) mass is 285 g/mol. The van der Waals surface area contributed by atoms with Crippen molar-refractivity contribution in [1.29, 1.82) is 0 Å². The summed E-state index contributed by atoms with van der Waals surface area (Å²) in [5.41, 5.74) is 1.64. The lowest BCUT2D eigenvalue weighted by Gasteiger charge is -2.12. The topological polar surface area (TPSA) is 38.3 Å². The second kappa shape index (κ2) is 5.89. The highest BCUT2D eigenvalue weighted by Crippen LogP contribution is 2.18. The lowest BCUT2D eigenvalue weighted by Crippen LogP contribution is -2.33. The van der Waals surface area contributed by atoms with Gasteiger partial charge in [-0.25, -0.2) is 0 Å². The fraction of sp³-hybridized carbons (Fsp3) is 0.417. The normalized spacial score (nSPS) is 12.0. The Morgan fingerprint density at radius 3 is 2.81 bits per heavy atom. The van der Waals surface area contributed by atoms with E-state index in [2.05, 4.69) is 21.2 Å². The van der Waals surface area contributed by atoms with Crippen molar-refractivity contribution >= 4 is 21.8 Å². The van der Waals surface area contributed by atoms with Gasteiger partial charge in [-0.3, -0.25) is 4.79 Å². The standard InChI is InChI=1S/C12H16BrNO2/c1-8-4-5-10(6-11(8)16-3)12(15)14-9(2)7-13/h4-6,9H,7H2,1-3H3,(H,14,15). The Bertz CT molecular complexity index is 379. The van der Waals surface area contributed by atoms with Crippen LogP contribution < -0.4 is 10.1 Å². The van der Waals surface area contributed by atoms with E-state index in [1.165, 1.54) is 0 Å². The van der Waals surface area contributed by atoms with Crippen molar-refractivity contribution in [3.8, 4) is 5.75 Å². The zero-order chi connectivity index (χ0) is 12.1. The number of hydrogen-bond donors (Lipinski definition) is 1. The van der Waals surface area contributed by atoms with Crippen LogP contribution in [0.3, 0.4) is 0 Å². The molecule has 0 saturated carbocycles. The van der Waals surface area contributed by atoms with Gasteiger partial charge in [0.1, 0.15) is 5.75 Å². The van der Waals surface area contributed by atoms with Gasteiger partial charge < -0.3 is 10.1 Å². The van der Waals surface area contributed by atoms with Gasteiger partial charge in [-0.05, 0) is 31.5 Å². The SMILES string of the molecule is COc1cc(C(=O)NC(C)CBr)ccc1C. The van der Waals surface area contributed by atoms with Gasteiger partial charge >= 0.3 is 0 Å². The smallest absolute Gasteiger partial charge is 0.251 e. The van der Waals surface area contributed by atoms with Crippen LogP contribution in [0.5, 0.6) is 5.75 Å². The predicted octanol–water partition coefficient (Wildman–Crippen LogP) is 2.52. The van der Waals surface area contributed by atoms with Crippen LogP contribution in [0.15, 0.2) is 18.2 Å². The second-order valence-corrected chi connectivity index (χ2v) is 4.36. The molecular formula is C12H16BrNO2. The van der Waals surface area contributed by atoms with Crippen molar-refractivity contribution in [2.24, 2.45) is 0 Å². The van der Waals surface area contributed by atoms with E-state index in [0.29, 0.717) is 5.56 Å². The molecule has 1 amide bonds. The molecule has 3 nitrogen and oxygen atoms in total. The number of alkyl halides is 1. The summed E-state index contributed by atoms with van der Waals surface area (Å²) in [6, 6.07) is 5.55. The molecule has 0 heterocycles. The quantitative estimate of drug-likeness (QED) is 0.864. The first-order valence-electron chi connectivity index (χ1n) is 5.10. The van der Waals surface area contributed by atoms with E-state index in [9.17, 15) is 4.79 Å². The van der Waals surface area contributed by atoms with E-state index in [1.807, 2.05) is 19.9 Å². The van der Waals surface area contributed by atoms with Crippen molar-refractivity contribution in [3.63, 3.8) is 0 Å². The van der Waals surface area contributed by atoms with Gasteiger partial charge in [0.15, 0.2) is 0 Å². The van der Waals surface area contributed by atoms with E-state index in [-0.39, 0.29) is 11.9 Å². The lowest BCUT2D eigenvalue weighted by molar-refractivity contribution is 0.0943. The summed E-state index contributed by atoms with van der Waals surface area (Å²) in [6.07, 6.45) is 0. The van der Waals surface area contributed by atoms with E-state index in [0.717, 1.165) is 16.6 Å².